The number of carbonyl (C=O) groups excluding carboxylic acids is 2. The second kappa shape index (κ2) is 15.4. The van der Waals surface area contributed by atoms with Crippen LogP contribution in [0.2, 0.25) is 0 Å². The van der Waals surface area contributed by atoms with Gasteiger partial charge in [0, 0.05) is 44.5 Å². The molecule has 4 aromatic rings. The zero-order valence-electron chi connectivity index (χ0n) is 26.2. The van der Waals surface area contributed by atoms with E-state index in [9.17, 15) is 9.59 Å². The molecule has 0 bridgehead atoms. The van der Waals surface area contributed by atoms with Gasteiger partial charge in [0.15, 0.2) is 0 Å². The van der Waals surface area contributed by atoms with Crippen LogP contribution in [0.25, 0.3) is 11.3 Å². The highest BCUT2D eigenvalue weighted by molar-refractivity contribution is 5.81. The maximum absolute atomic E-state index is 12.5. The summed E-state index contributed by atoms with van der Waals surface area (Å²) in [5, 5.41) is 7.32. The van der Waals surface area contributed by atoms with E-state index in [0.29, 0.717) is 31.9 Å². The topological polar surface area (TPSA) is 128 Å². The van der Waals surface area contributed by atoms with E-state index in [1.165, 1.54) is 12.5 Å². The summed E-state index contributed by atoms with van der Waals surface area (Å²) in [6, 6.07) is 17.6. The van der Waals surface area contributed by atoms with Crippen molar-refractivity contribution >= 4 is 23.3 Å². The van der Waals surface area contributed by atoms with Crippen LogP contribution in [-0.4, -0.2) is 67.7 Å². The van der Waals surface area contributed by atoms with Gasteiger partial charge in [0.1, 0.15) is 5.78 Å². The standard InChI is InChI=1S/C24H30N6O2.C10H13NO/c1-16(2)32-21-14-30(15-21)23(31)8-7-18-5-6-19(11-17(18)3)22-9-10-25-24(28-22)27-20-12-26-29(4)13-20;1-8(12)10(11)7-9-5-3-2-4-6-9/h5-6,9-13,16,21H,7-8,14-15H2,1-4H3,(H,25,27,28);2-6,10H,7,11H2,1H3/t;10-/m.0/s1. The van der Waals surface area contributed by atoms with Crippen molar-refractivity contribution in [2.45, 2.75) is 65.2 Å². The molecular weight excluding hydrogens is 554 g/mol. The van der Waals surface area contributed by atoms with Gasteiger partial charge in [0.25, 0.3) is 0 Å². The number of hydrogen-bond donors (Lipinski definition) is 2. The molecule has 0 aliphatic carbocycles. The summed E-state index contributed by atoms with van der Waals surface area (Å²) in [5.74, 6) is 0.759. The van der Waals surface area contributed by atoms with Crippen LogP contribution in [0.3, 0.4) is 0 Å². The molecule has 2 aromatic heterocycles. The molecule has 1 aliphatic heterocycles. The van der Waals surface area contributed by atoms with Crippen LogP contribution in [0, 0.1) is 6.92 Å². The first-order chi connectivity index (χ1) is 21.1. The minimum atomic E-state index is -0.354. The second-order valence-electron chi connectivity index (χ2n) is 11.4. The molecule has 0 unspecified atom stereocenters. The van der Waals surface area contributed by atoms with Crippen LogP contribution in [0.5, 0.6) is 0 Å². The molecule has 44 heavy (non-hydrogen) atoms. The van der Waals surface area contributed by atoms with E-state index in [1.54, 1.807) is 17.1 Å². The van der Waals surface area contributed by atoms with Crippen molar-refractivity contribution in [2.24, 2.45) is 12.8 Å². The number of Topliss-reactive ketones (excluding diaryl/α,β-unsaturated/α-hetero) is 1. The van der Waals surface area contributed by atoms with Crippen LogP contribution in [0.15, 0.2) is 73.2 Å². The molecule has 0 spiro atoms. The zero-order chi connectivity index (χ0) is 31.6. The smallest absolute Gasteiger partial charge is 0.227 e. The lowest BCUT2D eigenvalue weighted by atomic mass is 9.99. The maximum atomic E-state index is 12.5. The molecule has 1 aliphatic rings. The molecule has 3 N–H and O–H groups in total. The Morgan fingerprint density at radius 3 is 2.50 bits per heavy atom. The van der Waals surface area contributed by atoms with E-state index in [1.807, 2.05) is 68.4 Å². The number of aryl methyl sites for hydroxylation is 3. The lowest BCUT2D eigenvalue weighted by Crippen LogP contribution is -2.55. The summed E-state index contributed by atoms with van der Waals surface area (Å²) < 4.78 is 7.45. The number of nitrogens with one attached hydrogen (secondary N) is 1. The molecule has 1 fully saturated rings. The zero-order valence-corrected chi connectivity index (χ0v) is 26.2. The van der Waals surface area contributed by atoms with E-state index in [2.05, 4.69) is 45.5 Å². The van der Waals surface area contributed by atoms with E-state index in [-0.39, 0.29) is 29.9 Å². The summed E-state index contributed by atoms with van der Waals surface area (Å²) in [6.07, 6.45) is 7.61. The van der Waals surface area contributed by atoms with Crippen molar-refractivity contribution in [3.05, 3.63) is 89.9 Å². The van der Waals surface area contributed by atoms with Gasteiger partial charge in [-0.2, -0.15) is 5.10 Å². The van der Waals surface area contributed by atoms with Crippen molar-refractivity contribution in [1.82, 2.24) is 24.6 Å². The number of nitrogens with zero attached hydrogens (tertiary/aromatic N) is 5. The molecule has 10 nitrogen and oxygen atoms in total. The maximum Gasteiger partial charge on any atom is 0.227 e. The fourth-order valence-corrected chi connectivity index (χ4v) is 4.85. The van der Waals surface area contributed by atoms with Crippen molar-refractivity contribution in [3.8, 4) is 11.3 Å². The van der Waals surface area contributed by atoms with Crippen molar-refractivity contribution in [1.29, 1.82) is 0 Å². The van der Waals surface area contributed by atoms with E-state index >= 15 is 0 Å². The molecule has 1 atom stereocenters. The number of ketones is 1. The van der Waals surface area contributed by atoms with Crippen LogP contribution in [0.1, 0.15) is 43.9 Å². The molecule has 1 amide bonds. The quantitative estimate of drug-likeness (QED) is 0.256. The normalized spacial score (nSPS) is 13.6. The summed E-state index contributed by atoms with van der Waals surface area (Å²) in [7, 11) is 1.86. The Balaban J connectivity index is 0.000000309. The lowest BCUT2D eigenvalue weighted by Gasteiger charge is -2.40. The summed E-state index contributed by atoms with van der Waals surface area (Å²) in [6.45, 7) is 9.06. The van der Waals surface area contributed by atoms with Crippen LogP contribution >= 0.6 is 0 Å². The van der Waals surface area contributed by atoms with Gasteiger partial charge >= 0.3 is 0 Å². The van der Waals surface area contributed by atoms with Gasteiger partial charge in [-0.1, -0.05) is 42.5 Å². The van der Waals surface area contributed by atoms with Gasteiger partial charge in [-0.25, -0.2) is 9.97 Å². The van der Waals surface area contributed by atoms with Crippen molar-refractivity contribution < 1.29 is 14.3 Å². The number of aromatic nitrogens is 4. The van der Waals surface area contributed by atoms with Gasteiger partial charge in [-0.3, -0.25) is 14.3 Å². The Kier molecular flexibility index (Phi) is 11.3. The number of amides is 1. The Morgan fingerprint density at radius 1 is 1.11 bits per heavy atom. The minimum absolute atomic E-state index is 0.0406. The molecular formula is C34H43N7O3. The third-order valence-corrected chi connectivity index (χ3v) is 7.35. The Labute approximate surface area is 259 Å². The Bertz CT molecular complexity index is 1530. The number of carbonyl (C=O) groups is 2. The predicted octanol–water partition coefficient (Wildman–Crippen LogP) is 4.64. The highest BCUT2D eigenvalue weighted by atomic mass is 16.5. The van der Waals surface area contributed by atoms with Crippen LogP contribution in [0.4, 0.5) is 11.6 Å². The highest BCUT2D eigenvalue weighted by Crippen LogP contribution is 2.24. The summed E-state index contributed by atoms with van der Waals surface area (Å²) in [5.41, 5.74) is 11.7. The first-order valence-electron chi connectivity index (χ1n) is 15.0. The number of nitrogens with two attached hydrogens (primary N) is 1. The Morgan fingerprint density at radius 2 is 1.86 bits per heavy atom. The molecule has 0 radical (unpaired) electrons. The largest absolute Gasteiger partial charge is 0.372 e. The number of rotatable bonds is 11. The van der Waals surface area contributed by atoms with E-state index in [0.717, 1.165) is 34.5 Å². The lowest BCUT2D eigenvalue weighted by molar-refractivity contribution is -0.148. The fraction of sp³-hybridized carbons (Fsp3) is 0.382. The number of ether oxygens (including phenoxy) is 1. The van der Waals surface area contributed by atoms with Gasteiger partial charge in [0.2, 0.25) is 11.9 Å². The fourth-order valence-electron chi connectivity index (χ4n) is 4.85. The number of hydrogen-bond acceptors (Lipinski definition) is 8. The summed E-state index contributed by atoms with van der Waals surface area (Å²) in [4.78, 5) is 34.1. The van der Waals surface area contributed by atoms with Crippen molar-refractivity contribution in [2.75, 3.05) is 18.4 Å². The number of anilines is 2. The molecule has 10 heteroatoms. The molecule has 1 saturated heterocycles. The number of benzene rings is 2. The Hall–Kier alpha value is -4.41. The van der Waals surface area contributed by atoms with Crippen LogP contribution < -0.4 is 11.1 Å². The third kappa shape index (κ3) is 9.55. The van der Waals surface area contributed by atoms with Gasteiger partial charge in [-0.15, -0.1) is 0 Å². The first-order valence-corrected chi connectivity index (χ1v) is 15.0. The van der Waals surface area contributed by atoms with Crippen molar-refractivity contribution in [3.63, 3.8) is 0 Å². The monoisotopic (exact) mass is 597 g/mol. The predicted molar refractivity (Wildman–Crippen MR) is 172 cm³/mol. The molecule has 0 saturated carbocycles. The minimum Gasteiger partial charge on any atom is -0.372 e. The average Bonchev–Trinajstić information content (AvgIpc) is 3.38. The molecule has 5 rings (SSSR count). The van der Waals surface area contributed by atoms with E-state index < -0.39 is 0 Å². The summed E-state index contributed by atoms with van der Waals surface area (Å²) >= 11 is 0. The van der Waals surface area contributed by atoms with Gasteiger partial charge in [0.05, 0.1) is 35.8 Å². The van der Waals surface area contributed by atoms with Crippen LogP contribution in [-0.2, 0) is 34.2 Å². The third-order valence-electron chi connectivity index (χ3n) is 7.35. The first kappa shape index (κ1) is 32.5. The SMILES string of the molecule is CC(=O)[C@@H](N)Cc1ccccc1.Cc1cc(-c2ccnc(Nc3cnn(C)c3)n2)ccc1CCC(=O)N1CC(OC(C)C)C1. The van der Waals surface area contributed by atoms with E-state index in [4.69, 9.17) is 10.5 Å². The number of likely N-dealkylation sites (tertiary alicyclic amines) is 1. The van der Waals surface area contributed by atoms with Gasteiger partial charge < -0.3 is 20.7 Å². The average molecular weight is 598 g/mol. The molecule has 2 aromatic carbocycles. The highest BCUT2D eigenvalue weighted by Gasteiger charge is 2.31. The second-order valence-corrected chi connectivity index (χ2v) is 11.4. The molecule has 3 heterocycles. The molecule has 232 valence electrons. The van der Waals surface area contributed by atoms with Gasteiger partial charge in [-0.05, 0) is 69.4 Å².